The van der Waals surface area contributed by atoms with Gasteiger partial charge in [-0.1, -0.05) is 47.1 Å². The van der Waals surface area contributed by atoms with E-state index in [1.165, 1.54) is 5.57 Å². The summed E-state index contributed by atoms with van der Waals surface area (Å²) in [6, 6.07) is 0. The lowest BCUT2D eigenvalue weighted by atomic mass is 9.42. The van der Waals surface area contributed by atoms with Gasteiger partial charge in [-0.3, -0.25) is 4.79 Å². The van der Waals surface area contributed by atoms with Gasteiger partial charge in [0.15, 0.2) is 5.78 Å². The molecule has 0 amide bonds. The number of carbonyl (C=O) groups is 1. The molecule has 0 aliphatic heterocycles. The summed E-state index contributed by atoms with van der Waals surface area (Å²) < 4.78 is 0. The predicted octanol–water partition coefficient (Wildman–Crippen LogP) is 5.29. The molecule has 4 heteroatoms. The Balaban J connectivity index is 1.54. The molecule has 0 saturated heterocycles. The SMILES string of the molecule is CC1(C)[C@H](O)CC[C@@]2(C)[C@@H]1C(=O)C=C1C[C@]3(C)CC[C@H]4[C@](C)(CC[C@@H](O)[C@]4(C)CO)[C@H]3CC[C@@H]12. The van der Waals surface area contributed by atoms with Crippen LogP contribution in [0.4, 0.5) is 0 Å². The van der Waals surface area contributed by atoms with Gasteiger partial charge in [-0.15, -0.1) is 0 Å². The number of hydrogen-bond donors (Lipinski definition) is 3. The van der Waals surface area contributed by atoms with Gasteiger partial charge < -0.3 is 15.3 Å². The fourth-order valence-electron chi connectivity index (χ4n) is 10.9. The average Bonchev–Trinajstić information content (AvgIpc) is 2.90. The number of fused-ring (bicyclic) bond motifs is 6. The highest BCUT2D eigenvalue weighted by Crippen LogP contribution is 2.70. The van der Waals surface area contributed by atoms with Crippen LogP contribution in [-0.2, 0) is 4.79 Å². The molecule has 3 N–H and O–H groups in total. The molecule has 5 aliphatic carbocycles. The van der Waals surface area contributed by atoms with Crippen molar-refractivity contribution in [1.29, 1.82) is 0 Å². The van der Waals surface area contributed by atoms with Crippen LogP contribution < -0.4 is 0 Å². The second-order valence-corrected chi connectivity index (χ2v) is 14.8. The second-order valence-electron chi connectivity index (χ2n) is 14.8. The lowest BCUT2D eigenvalue weighted by molar-refractivity contribution is -0.189. The second kappa shape index (κ2) is 7.65. The van der Waals surface area contributed by atoms with E-state index < -0.39 is 23.0 Å². The fourth-order valence-corrected chi connectivity index (χ4v) is 10.9. The van der Waals surface area contributed by atoms with E-state index in [1.807, 2.05) is 6.08 Å². The van der Waals surface area contributed by atoms with Crippen molar-refractivity contribution in [2.45, 2.75) is 112 Å². The number of rotatable bonds is 1. The third-order valence-corrected chi connectivity index (χ3v) is 12.7. The van der Waals surface area contributed by atoms with Crippen LogP contribution in [0.5, 0.6) is 0 Å². The summed E-state index contributed by atoms with van der Waals surface area (Å²) in [7, 11) is 0. The van der Waals surface area contributed by atoms with E-state index in [9.17, 15) is 20.1 Å². The summed E-state index contributed by atoms with van der Waals surface area (Å²) in [4.78, 5) is 13.6. The third-order valence-electron chi connectivity index (χ3n) is 12.7. The quantitative estimate of drug-likeness (QED) is 0.484. The number of carbonyl (C=O) groups excluding carboxylic acids is 1. The number of allylic oxidation sites excluding steroid dienone is 2. The van der Waals surface area contributed by atoms with Crippen molar-refractivity contribution in [2.75, 3.05) is 6.61 Å². The highest BCUT2D eigenvalue weighted by atomic mass is 16.3. The molecule has 0 unspecified atom stereocenters. The van der Waals surface area contributed by atoms with Crippen molar-refractivity contribution in [3.63, 3.8) is 0 Å². The largest absolute Gasteiger partial charge is 0.396 e. The van der Waals surface area contributed by atoms with E-state index in [2.05, 4.69) is 41.5 Å². The van der Waals surface area contributed by atoms with E-state index in [-0.39, 0.29) is 34.6 Å². The lowest BCUT2D eigenvalue weighted by Crippen LogP contribution is -2.60. The van der Waals surface area contributed by atoms with Gasteiger partial charge in [-0.2, -0.15) is 0 Å². The molecule has 192 valence electrons. The van der Waals surface area contributed by atoms with Crippen molar-refractivity contribution in [1.82, 2.24) is 0 Å². The minimum absolute atomic E-state index is 0.0529. The zero-order valence-corrected chi connectivity index (χ0v) is 22.4. The molecule has 4 saturated carbocycles. The minimum Gasteiger partial charge on any atom is -0.396 e. The van der Waals surface area contributed by atoms with E-state index >= 15 is 0 Å². The zero-order valence-electron chi connectivity index (χ0n) is 22.4. The van der Waals surface area contributed by atoms with Crippen LogP contribution in [-0.4, -0.2) is 39.9 Å². The number of hydrogen-bond acceptors (Lipinski definition) is 4. The van der Waals surface area contributed by atoms with Crippen LogP contribution in [0.2, 0.25) is 0 Å². The highest BCUT2D eigenvalue weighted by molar-refractivity contribution is 5.95. The standard InChI is InChI=1S/C30H48O4/c1-26(2)23(33)10-13-28(4)19-7-8-21-27(3,16-18(19)15-20(32)25(26)28)12-9-22-29(21,5)14-11-24(34)30(22,6)17-31/h15,19,21-25,31,33-34H,7-14,16-17H2,1-6H3/t19-,21-,22-,23+,24+,25+,27-,28+,29+,30+/m0/s1. The van der Waals surface area contributed by atoms with Crippen LogP contribution in [0.3, 0.4) is 0 Å². The van der Waals surface area contributed by atoms with Crippen molar-refractivity contribution in [2.24, 2.45) is 50.7 Å². The first-order valence-electron chi connectivity index (χ1n) is 14.0. The van der Waals surface area contributed by atoms with Crippen LogP contribution in [0.1, 0.15) is 99.3 Å². The molecule has 0 bridgehead atoms. The molecule has 0 aromatic rings. The predicted molar refractivity (Wildman–Crippen MR) is 134 cm³/mol. The minimum atomic E-state index is -0.427. The smallest absolute Gasteiger partial charge is 0.159 e. The summed E-state index contributed by atoms with van der Waals surface area (Å²) in [5, 5.41) is 32.1. The average molecular weight is 473 g/mol. The number of aliphatic hydroxyl groups is 3. The van der Waals surface area contributed by atoms with E-state index in [4.69, 9.17) is 0 Å². The van der Waals surface area contributed by atoms with Gasteiger partial charge in [0.25, 0.3) is 0 Å². The molecule has 0 heterocycles. The Bertz CT molecular complexity index is 892. The highest BCUT2D eigenvalue weighted by Gasteiger charge is 2.64. The summed E-state index contributed by atoms with van der Waals surface area (Å²) in [6.07, 6.45) is 10.1. The molecule has 0 aromatic heterocycles. The van der Waals surface area contributed by atoms with E-state index in [0.29, 0.717) is 17.8 Å². The summed E-state index contributed by atoms with van der Waals surface area (Å²) in [6.45, 7) is 13.6. The van der Waals surface area contributed by atoms with Gasteiger partial charge in [0, 0.05) is 16.7 Å². The van der Waals surface area contributed by atoms with Crippen molar-refractivity contribution >= 4 is 5.78 Å². The van der Waals surface area contributed by atoms with Gasteiger partial charge >= 0.3 is 0 Å². The molecule has 34 heavy (non-hydrogen) atoms. The fraction of sp³-hybridized carbons (Fsp3) is 0.900. The van der Waals surface area contributed by atoms with Crippen LogP contribution >= 0.6 is 0 Å². The van der Waals surface area contributed by atoms with Gasteiger partial charge in [0.1, 0.15) is 0 Å². The molecular weight excluding hydrogens is 424 g/mol. The first-order valence-corrected chi connectivity index (χ1v) is 14.0. The number of aliphatic hydroxyl groups excluding tert-OH is 3. The molecule has 5 aliphatic rings. The normalized spacial score (nSPS) is 54.6. The maximum absolute atomic E-state index is 13.6. The van der Waals surface area contributed by atoms with E-state index in [0.717, 1.165) is 57.8 Å². The first-order chi connectivity index (χ1) is 15.7. The zero-order chi connectivity index (χ0) is 24.9. The van der Waals surface area contributed by atoms with Gasteiger partial charge in [0.05, 0.1) is 18.8 Å². The maximum atomic E-state index is 13.6. The topological polar surface area (TPSA) is 77.8 Å². The van der Waals surface area contributed by atoms with Crippen molar-refractivity contribution in [3.05, 3.63) is 11.6 Å². The van der Waals surface area contributed by atoms with Gasteiger partial charge in [-0.05, 0) is 97.9 Å². The Morgan fingerprint density at radius 2 is 1.47 bits per heavy atom. The molecule has 5 rings (SSSR count). The Hall–Kier alpha value is -0.710. The van der Waals surface area contributed by atoms with Crippen LogP contribution in [0, 0.1) is 50.7 Å². The Labute approximate surface area is 206 Å². The number of ketones is 1. The van der Waals surface area contributed by atoms with Crippen LogP contribution in [0.15, 0.2) is 11.6 Å². The van der Waals surface area contributed by atoms with Crippen molar-refractivity contribution in [3.8, 4) is 0 Å². The van der Waals surface area contributed by atoms with Crippen LogP contribution in [0.25, 0.3) is 0 Å². The first kappa shape index (κ1) is 25.0. The maximum Gasteiger partial charge on any atom is 0.159 e. The van der Waals surface area contributed by atoms with Gasteiger partial charge in [0.2, 0.25) is 0 Å². The summed E-state index contributed by atoms with van der Waals surface area (Å²) in [5.41, 5.74) is 0.722. The van der Waals surface area contributed by atoms with E-state index in [1.54, 1.807) is 0 Å². The molecule has 10 atom stereocenters. The lowest BCUT2D eigenvalue weighted by Gasteiger charge is -2.64. The summed E-state index contributed by atoms with van der Waals surface area (Å²) in [5.74, 6) is 1.40. The monoisotopic (exact) mass is 472 g/mol. The molecule has 4 fully saturated rings. The van der Waals surface area contributed by atoms with Gasteiger partial charge in [-0.25, -0.2) is 0 Å². The Kier molecular flexibility index (Phi) is 5.62. The third kappa shape index (κ3) is 3.10. The molecule has 4 nitrogen and oxygen atoms in total. The molecule has 0 spiro atoms. The molecular formula is C30H48O4. The molecule has 0 radical (unpaired) electrons. The Morgan fingerprint density at radius 1 is 0.824 bits per heavy atom. The van der Waals surface area contributed by atoms with Crippen molar-refractivity contribution < 1.29 is 20.1 Å². The molecule has 0 aromatic carbocycles. The Morgan fingerprint density at radius 3 is 2.15 bits per heavy atom. The summed E-state index contributed by atoms with van der Waals surface area (Å²) >= 11 is 0.